The third-order valence-electron chi connectivity index (χ3n) is 2.43. The topological polar surface area (TPSA) is 35.5 Å². The SMILES string of the molecule is CCC/C(C=O)=C\CCCC1OCCO1. The van der Waals surface area contributed by atoms with Crippen molar-refractivity contribution >= 4 is 6.29 Å². The van der Waals surface area contributed by atoms with Gasteiger partial charge in [0.25, 0.3) is 0 Å². The lowest BCUT2D eigenvalue weighted by molar-refractivity contribution is -0.105. The van der Waals surface area contributed by atoms with E-state index in [0.29, 0.717) is 0 Å². The molecule has 1 rings (SSSR count). The number of hydrogen-bond donors (Lipinski definition) is 0. The summed E-state index contributed by atoms with van der Waals surface area (Å²) in [5, 5.41) is 0. The molecular formula is C12H20O3. The van der Waals surface area contributed by atoms with E-state index < -0.39 is 0 Å². The zero-order valence-electron chi connectivity index (χ0n) is 9.41. The van der Waals surface area contributed by atoms with Gasteiger partial charge in [-0.2, -0.15) is 0 Å². The number of aldehydes is 1. The first-order valence-corrected chi connectivity index (χ1v) is 5.74. The molecule has 1 aliphatic heterocycles. The van der Waals surface area contributed by atoms with Crippen molar-refractivity contribution in [1.29, 1.82) is 0 Å². The van der Waals surface area contributed by atoms with Gasteiger partial charge in [-0.3, -0.25) is 4.79 Å². The largest absolute Gasteiger partial charge is 0.350 e. The fourth-order valence-electron chi connectivity index (χ4n) is 1.64. The molecule has 0 aromatic rings. The highest BCUT2D eigenvalue weighted by Gasteiger charge is 2.14. The van der Waals surface area contributed by atoms with Crippen molar-refractivity contribution in [1.82, 2.24) is 0 Å². The minimum atomic E-state index is -0.00995. The van der Waals surface area contributed by atoms with E-state index >= 15 is 0 Å². The second kappa shape index (κ2) is 7.60. The van der Waals surface area contributed by atoms with Gasteiger partial charge in [-0.05, 0) is 31.3 Å². The lowest BCUT2D eigenvalue weighted by atomic mass is 10.1. The number of carbonyl (C=O) groups excluding carboxylic acids is 1. The van der Waals surface area contributed by atoms with E-state index in [1.807, 2.05) is 6.08 Å². The van der Waals surface area contributed by atoms with Crippen molar-refractivity contribution in [2.45, 2.75) is 45.3 Å². The molecule has 3 heteroatoms. The van der Waals surface area contributed by atoms with E-state index in [0.717, 1.165) is 57.2 Å². The molecule has 0 aromatic heterocycles. The van der Waals surface area contributed by atoms with Crippen molar-refractivity contribution in [2.75, 3.05) is 13.2 Å². The van der Waals surface area contributed by atoms with Crippen molar-refractivity contribution in [2.24, 2.45) is 0 Å². The number of carbonyl (C=O) groups is 1. The molecule has 0 amide bonds. The van der Waals surface area contributed by atoms with Gasteiger partial charge in [-0.1, -0.05) is 19.4 Å². The van der Waals surface area contributed by atoms with Crippen molar-refractivity contribution < 1.29 is 14.3 Å². The number of hydrogen-bond acceptors (Lipinski definition) is 3. The molecular weight excluding hydrogens is 192 g/mol. The quantitative estimate of drug-likeness (QED) is 0.369. The number of rotatable bonds is 7. The summed E-state index contributed by atoms with van der Waals surface area (Å²) < 4.78 is 10.6. The van der Waals surface area contributed by atoms with E-state index in [9.17, 15) is 4.79 Å². The molecule has 0 atom stereocenters. The van der Waals surface area contributed by atoms with Gasteiger partial charge in [-0.25, -0.2) is 0 Å². The van der Waals surface area contributed by atoms with Gasteiger partial charge in [0.1, 0.15) is 6.29 Å². The number of allylic oxidation sites excluding steroid dienone is 2. The standard InChI is InChI=1S/C12H20O3/c1-2-5-11(10-13)6-3-4-7-12-14-8-9-15-12/h6,10,12H,2-5,7-9H2,1H3/b11-6+. The first kappa shape index (κ1) is 12.4. The molecule has 0 saturated carbocycles. The highest BCUT2D eigenvalue weighted by molar-refractivity contribution is 5.72. The molecule has 0 radical (unpaired) electrons. The minimum absolute atomic E-state index is 0.00995. The van der Waals surface area contributed by atoms with Crippen LogP contribution in [0.3, 0.4) is 0 Å². The van der Waals surface area contributed by atoms with Crippen LogP contribution >= 0.6 is 0 Å². The fourth-order valence-corrected chi connectivity index (χ4v) is 1.64. The zero-order valence-corrected chi connectivity index (χ0v) is 9.41. The Morgan fingerprint density at radius 3 is 2.73 bits per heavy atom. The lowest BCUT2D eigenvalue weighted by Gasteiger charge is -2.06. The third-order valence-corrected chi connectivity index (χ3v) is 2.43. The van der Waals surface area contributed by atoms with Crippen LogP contribution in [0.1, 0.15) is 39.0 Å². The molecule has 0 bridgehead atoms. The van der Waals surface area contributed by atoms with Gasteiger partial charge < -0.3 is 9.47 Å². The van der Waals surface area contributed by atoms with Gasteiger partial charge in [0.15, 0.2) is 6.29 Å². The van der Waals surface area contributed by atoms with Crippen LogP contribution in [-0.4, -0.2) is 25.8 Å². The smallest absolute Gasteiger partial charge is 0.157 e. The van der Waals surface area contributed by atoms with Gasteiger partial charge in [0.05, 0.1) is 13.2 Å². The highest BCUT2D eigenvalue weighted by Crippen LogP contribution is 2.13. The molecule has 1 aliphatic rings. The Bertz CT molecular complexity index is 205. The predicted octanol–water partition coefficient (Wildman–Crippen LogP) is 2.46. The van der Waals surface area contributed by atoms with Crippen molar-refractivity contribution in [3.05, 3.63) is 11.6 Å². The van der Waals surface area contributed by atoms with Crippen LogP contribution < -0.4 is 0 Å². The van der Waals surface area contributed by atoms with Gasteiger partial charge in [-0.15, -0.1) is 0 Å². The van der Waals surface area contributed by atoms with E-state index in [2.05, 4.69) is 6.92 Å². The normalized spacial score (nSPS) is 18.3. The summed E-state index contributed by atoms with van der Waals surface area (Å²) in [6.07, 6.45) is 7.79. The Morgan fingerprint density at radius 1 is 1.40 bits per heavy atom. The molecule has 0 N–H and O–H groups in total. The lowest BCUT2D eigenvalue weighted by Crippen LogP contribution is -2.06. The summed E-state index contributed by atoms with van der Waals surface area (Å²) in [7, 11) is 0. The van der Waals surface area contributed by atoms with Gasteiger partial charge in [0.2, 0.25) is 0 Å². The maximum absolute atomic E-state index is 10.6. The Labute approximate surface area is 91.4 Å². The summed E-state index contributed by atoms with van der Waals surface area (Å²) in [6, 6.07) is 0. The van der Waals surface area contributed by atoms with E-state index in [1.54, 1.807) is 0 Å². The highest BCUT2D eigenvalue weighted by atomic mass is 16.7. The molecule has 0 unspecified atom stereocenters. The summed E-state index contributed by atoms with van der Waals surface area (Å²) in [6.45, 7) is 3.52. The zero-order chi connectivity index (χ0) is 10.9. The van der Waals surface area contributed by atoms with Crippen LogP contribution in [0.4, 0.5) is 0 Å². The number of ether oxygens (including phenoxy) is 2. The minimum Gasteiger partial charge on any atom is -0.350 e. The molecule has 86 valence electrons. The Kier molecular flexibility index (Phi) is 6.28. The fraction of sp³-hybridized carbons (Fsp3) is 0.750. The average molecular weight is 212 g/mol. The van der Waals surface area contributed by atoms with Gasteiger partial charge >= 0.3 is 0 Å². The van der Waals surface area contributed by atoms with Crippen LogP contribution in [0.2, 0.25) is 0 Å². The van der Waals surface area contributed by atoms with Crippen LogP contribution in [0.25, 0.3) is 0 Å². The molecule has 15 heavy (non-hydrogen) atoms. The van der Waals surface area contributed by atoms with Crippen LogP contribution in [0.5, 0.6) is 0 Å². The van der Waals surface area contributed by atoms with Crippen LogP contribution in [0, 0.1) is 0 Å². The van der Waals surface area contributed by atoms with Gasteiger partial charge in [0, 0.05) is 0 Å². The summed E-state index contributed by atoms with van der Waals surface area (Å²) >= 11 is 0. The second-order valence-corrected chi connectivity index (χ2v) is 3.75. The Hall–Kier alpha value is -0.670. The second-order valence-electron chi connectivity index (χ2n) is 3.75. The van der Waals surface area contributed by atoms with E-state index in [4.69, 9.17) is 9.47 Å². The predicted molar refractivity (Wildman–Crippen MR) is 58.6 cm³/mol. The Balaban J connectivity index is 2.10. The summed E-state index contributed by atoms with van der Waals surface area (Å²) in [5.41, 5.74) is 0.922. The first-order chi connectivity index (χ1) is 7.36. The molecule has 0 aliphatic carbocycles. The molecule has 1 fully saturated rings. The molecule has 3 nitrogen and oxygen atoms in total. The number of unbranched alkanes of at least 4 members (excludes halogenated alkanes) is 1. The summed E-state index contributed by atoms with van der Waals surface area (Å²) in [4.78, 5) is 10.6. The first-order valence-electron chi connectivity index (χ1n) is 5.74. The average Bonchev–Trinajstić information content (AvgIpc) is 2.75. The van der Waals surface area contributed by atoms with E-state index in [1.165, 1.54) is 0 Å². The van der Waals surface area contributed by atoms with Crippen molar-refractivity contribution in [3.63, 3.8) is 0 Å². The molecule has 1 heterocycles. The maximum Gasteiger partial charge on any atom is 0.157 e. The maximum atomic E-state index is 10.6. The monoisotopic (exact) mass is 212 g/mol. The molecule has 0 spiro atoms. The Morgan fingerprint density at radius 2 is 2.13 bits per heavy atom. The summed E-state index contributed by atoms with van der Waals surface area (Å²) in [5.74, 6) is 0. The van der Waals surface area contributed by atoms with Crippen LogP contribution in [0.15, 0.2) is 11.6 Å². The van der Waals surface area contributed by atoms with E-state index in [-0.39, 0.29) is 6.29 Å². The van der Waals surface area contributed by atoms with Crippen molar-refractivity contribution in [3.8, 4) is 0 Å². The third kappa shape index (κ3) is 5.09. The van der Waals surface area contributed by atoms with Crippen LogP contribution in [-0.2, 0) is 14.3 Å². The molecule has 0 aromatic carbocycles. The molecule has 1 saturated heterocycles.